The van der Waals surface area contributed by atoms with E-state index < -0.39 is 0 Å². The first-order chi connectivity index (χ1) is 9.12. The topological polar surface area (TPSA) is 73.8 Å². The lowest BCUT2D eigenvalue weighted by molar-refractivity contribution is 0.469. The molecule has 0 radical (unpaired) electrons. The van der Waals surface area contributed by atoms with Gasteiger partial charge in [0, 0.05) is 24.0 Å². The first-order valence-electron chi connectivity index (χ1n) is 6.34. The zero-order valence-corrected chi connectivity index (χ0v) is 12.2. The molecule has 2 aromatic heterocycles. The van der Waals surface area contributed by atoms with Gasteiger partial charge in [-0.25, -0.2) is 9.97 Å². The van der Waals surface area contributed by atoms with Gasteiger partial charge >= 0.3 is 0 Å². The summed E-state index contributed by atoms with van der Waals surface area (Å²) >= 11 is 1.45. The summed E-state index contributed by atoms with van der Waals surface area (Å²) in [5, 5.41) is 1.39. The van der Waals surface area contributed by atoms with Gasteiger partial charge in [-0.05, 0) is 19.1 Å². The van der Waals surface area contributed by atoms with E-state index in [4.69, 9.17) is 5.73 Å². The summed E-state index contributed by atoms with van der Waals surface area (Å²) < 4.78 is 1.74. The Morgan fingerprint density at radius 1 is 1.42 bits per heavy atom. The number of pyridine rings is 1. The third kappa shape index (κ3) is 2.45. The fourth-order valence-electron chi connectivity index (χ4n) is 2.23. The third-order valence-electron chi connectivity index (χ3n) is 3.29. The van der Waals surface area contributed by atoms with Crippen molar-refractivity contribution in [1.29, 1.82) is 0 Å². The van der Waals surface area contributed by atoms with Crippen molar-refractivity contribution in [2.75, 3.05) is 12.0 Å². The van der Waals surface area contributed by atoms with Gasteiger partial charge in [-0.15, -0.1) is 0 Å². The monoisotopic (exact) mass is 278 g/mol. The Morgan fingerprint density at radius 2 is 2.11 bits per heavy atom. The van der Waals surface area contributed by atoms with Gasteiger partial charge in [0.05, 0.1) is 5.39 Å². The minimum absolute atomic E-state index is 0.0931. The molecule has 6 heteroatoms. The molecule has 0 atom stereocenters. The minimum atomic E-state index is -0.0931. The number of nitrogens with two attached hydrogens (primary N) is 1. The van der Waals surface area contributed by atoms with E-state index in [-0.39, 0.29) is 11.6 Å². The quantitative estimate of drug-likeness (QED) is 0.687. The summed E-state index contributed by atoms with van der Waals surface area (Å²) in [6.07, 6.45) is 5.37. The van der Waals surface area contributed by atoms with E-state index in [1.54, 1.807) is 10.8 Å². The van der Waals surface area contributed by atoms with Gasteiger partial charge in [0.15, 0.2) is 5.16 Å². The number of hydrogen-bond donors (Lipinski definition) is 1. The lowest BCUT2D eigenvalue weighted by Gasteiger charge is -2.19. The average Bonchev–Trinajstić information content (AvgIpc) is 2.42. The first kappa shape index (κ1) is 13.9. The summed E-state index contributed by atoms with van der Waals surface area (Å²) in [7, 11) is 0. The second kappa shape index (κ2) is 5.61. The fraction of sp³-hybridized carbons (Fsp3) is 0.462. The number of hydrogen-bond acceptors (Lipinski definition) is 5. The highest BCUT2D eigenvalue weighted by molar-refractivity contribution is 7.98. The number of fused-ring (bicyclic) bond motifs is 1. The molecular weight excluding hydrogens is 260 g/mol. The number of aromatic nitrogens is 3. The molecule has 2 rings (SSSR count). The van der Waals surface area contributed by atoms with Gasteiger partial charge in [0.1, 0.15) is 5.65 Å². The van der Waals surface area contributed by atoms with E-state index in [0.29, 0.717) is 16.5 Å². The molecule has 0 aromatic carbocycles. The summed E-state index contributed by atoms with van der Waals surface area (Å²) in [6.45, 7) is 4.14. The van der Waals surface area contributed by atoms with Crippen molar-refractivity contribution in [3.05, 3.63) is 22.6 Å². The Hall–Kier alpha value is -1.56. The van der Waals surface area contributed by atoms with Crippen molar-refractivity contribution in [3.63, 3.8) is 0 Å². The van der Waals surface area contributed by atoms with Gasteiger partial charge in [-0.2, -0.15) is 0 Å². The van der Waals surface area contributed by atoms with Gasteiger partial charge in [0.2, 0.25) is 0 Å². The fourth-order valence-corrected chi connectivity index (χ4v) is 2.57. The van der Waals surface area contributed by atoms with Crippen molar-refractivity contribution in [1.82, 2.24) is 14.5 Å². The van der Waals surface area contributed by atoms with E-state index in [2.05, 4.69) is 23.8 Å². The van der Waals surface area contributed by atoms with Crippen LogP contribution in [0.15, 0.2) is 22.2 Å². The van der Waals surface area contributed by atoms with Crippen molar-refractivity contribution in [2.24, 2.45) is 0 Å². The number of rotatable bonds is 4. The molecular formula is C13H18N4OS. The number of nitrogen functional groups attached to an aromatic ring is 1. The van der Waals surface area contributed by atoms with Gasteiger partial charge in [-0.1, -0.05) is 25.6 Å². The Morgan fingerprint density at radius 3 is 2.68 bits per heavy atom. The smallest absolute Gasteiger partial charge is 0.254 e. The lowest BCUT2D eigenvalue weighted by Crippen LogP contribution is -2.25. The molecule has 0 spiro atoms. The van der Waals surface area contributed by atoms with Crippen molar-refractivity contribution in [2.45, 2.75) is 37.9 Å². The molecule has 2 N–H and O–H groups in total. The molecule has 0 aliphatic carbocycles. The maximum atomic E-state index is 12.2. The number of anilines is 1. The van der Waals surface area contributed by atoms with Crippen LogP contribution in [-0.2, 0) is 0 Å². The highest BCUT2D eigenvalue weighted by Gasteiger charge is 2.15. The molecule has 19 heavy (non-hydrogen) atoms. The van der Waals surface area contributed by atoms with Crippen LogP contribution in [0.3, 0.4) is 0 Å². The molecule has 0 saturated heterocycles. The maximum Gasteiger partial charge on any atom is 0.254 e. The molecule has 0 amide bonds. The Balaban J connectivity index is 2.83. The molecule has 0 aliphatic heterocycles. The molecule has 5 nitrogen and oxygen atoms in total. The molecule has 102 valence electrons. The van der Waals surface area contributed by atoms with Crippen LogP contribution in [0.1, 0.15) is 32.7 Å². The molecule has 0 saturated carbocycles. The second-order valence-corrected chi connectivity index (χ2v) is 5.15. The van der Waals surface area contributed by atoms with Crippen LogP contribution in [0.5, 0.6) is 0 Å². The zero-order valence-electron chi connectivity index (χ0n) is 11.4. The SMILES string of the molecule is CCC(CC)n1c(=O)cc(N)c2cnc(SC)nc21. The lowest BCUT2D eigenvalue weighted by atomic mass is 10.1. The van der Waals surface area contributed by atoms with E-state index in [0.717, 1.165) is 18.2 Å². The molecule has 0 aliphatic rings. The molecule has 0 bridgehead atoms. The highest BCUT2D eigenvalue weighted by Crippen LogP contribution is 2.23. The Bertz CT molecular complexity index is 649. The van der Waals surface area contributed by atoms with E-state index in [1.807, 2.05) is 6.26 Å². The Kier molecular flexibility index (Phi) is 4.09. The van der Waals surface area contributed by atoms with Gasteiger partial charge in [-0.3, -0.25) is 9.36 Å². The minimum Gasteiger partial charge on any atom is -0.398 e. The van der Waals surface area contributed by atoms with Crippen LogP contribution >= 0.6 is 11.8 Å². The molecule has 2 aromatic rings. The van der Waals surface area contributed by atoms with Crippen molar-refractivity contribution < 1.29 is 0 Å². The van der Waals surface area contributed by atoms with Crippen LogP contribution < -0.4 is 11.3 Å². The van der Waals surface area contributed by atoms with Crippen molar-refractivity contribution >= 4 is 28.5 Å². The highest BCUT2D eigenvalue weighted by atomic mass is 32.2. The van der Waals surface area contributed by atoms with Crippen molar-refractivity contribution in [3.8, 4) is 0 Å². The summed E-state index contributed by atoms with van der Waals surface area (Å²) in [4.78, 5) is 20.9. The van der Waals surface area contributed by atoms with Gasteiger partial charge < -0.3 is 5.73 Å². The van der Waals surface area contributed by atoms with Crippen LogP contribution in [0.2, 0.25) is 0 Å². The van der Waals surface area contributed by atoms with Crippen LogP contribution in [0.4, 0.5) is 5.69 Å². The van der Waals surface area contributed by atoms with Crippen LogP contribution in [0.25, 0.3) is 11.0 Å². The van der Waals surface area contributed by atoms with Crippen LogP contribution in [0, 0.1) is 0 Å². The zero-order chi connectivity index (χ0) is 14.0. The predicted molar refractivity (Wildman–Crippen MR) is 79.6 cm³/mol. The molecule has 0 unspecified atom stereocenters. The second-order valence-electron chi connectivity index (χ2n) is 4.37. The normalized spacial score (nSPS) is 11.4. The number of thioether (sulfide) groups is 1. The van der Waals surface area contributed by atoms with E-state index in [1.165, 1.54) is 17.8 Å². The Labute approximate surface area is 116 Å². The molecule has 2 heterocycles. The average molecular weight is 278 g/mol. The van der Waals surface area contributed by atoms with Crippen LogP contribution in [-0.4, -0.2) is 20.8 Å². The summed E-state index contributed by atoms with van der Waals surface area (Å²) in [5.74, 6) is 0. The predicted octanol–water partition coefficient (Wildman–Crippen LogP) is 2.46. The summed E-state index contributed by atoms with van der Waals surface area (Å²) in [6, 6.07) is 1.60. The third-order valence-corrected chi connectivity index (χ3v) is 3.85. The van der Waals surface area contributed by atoms with Gasteiger partial charge in [0.25, 0.3) is 5.56 Å². The maximum absolute atomic E-state index is 12.2. The summed E-state index contributed by atoms with van der Waals surface area (Å²) in [5.41, 5.74) is 6.88. The standard InChI is InChI=1S/C13H18N4OS/c1-4-8(5-2)17-11(18)6-10(14)9-7-15-13(19-3)16-12(9)17/h6-8H,4-5,14H2,1-3H3. The molecule has 0 fully saturated rings. The number of nitrogens with zero attached hydrogens (tertiary/aromatic N) is 3. The van der Waals surface area contributed by atoms with E-state index >= 15 is 0 Å². The largest absolute Gasteiger partial charge is 0.398 e. The van der Waals surface area contributed by atoms with E-state index in [9.17, 15) is 4.79 Å². The first-order valence-corrected chi connectivity index (χ1v) is 7.56.